The Labute approximate surface area is 200 Å². The van der Waals surface area contributed by atoms with E-state index in [2.05, 4.69) is 0 Å². The molecular weight excluding hydrogens is 359 g/mol. The van der Waals surface area contributed by atoms with Crippen LogP contribution in [0.25, 0.3) is 0 Å². The number of nitrogens with zero attached hydrogens (tertiary/aromatic N) is 7. The van der Waals surface area contributed by atoms with Gasteiger partial charge in [0.15, 0.2) is 5.34 Å². The minimum atomic E-state index is 0. The molecule has 11 nitrogen and oxygen atoms in total. The maximum atomic E-state index is 8.11. The fraction of sp³-hybridized carbons (Fsp3) is 0. The molecule has 0 saturated heterocycles. The Morgan fingerprint density at radius 3 is 0.571 bits per heavy atom. The third kappa shape index (κ3) is 129000. The standard InChI is InChI=1S/6CN.Fe.HNO2.3Na.2H2O/c6*1-2;;2-1-3;;;;;/h;;;;;;;(H,2,3);;;;2*1H2/q6*-1;+3;;3*+1;;. The first kappa shape index (κ1) is 134. The van der Waals surface area contributed by atoms with Gasteiger partial charge in [0.1, 0.15) is 0 Å². The Kier molecular flexibility index (Phi) is 73400. The van der Waals surface area contributed by atoms with Gasteiger partial charge in [-0.2, -0.15) is 0 Å². The summed E-state index contributed by atoms with van der Waals surface area (Å²) < 4.78 is 0. The summed E-state index contributed by atoms with van der Waals surface area (Å²) in [5.41, 5.74) is 0. The Hall–Kier alpha value is -0.221. The van der Waals surface area contributed by atoms with E-state index in [0.29, 0.717) is 0 Å². The van der Waals surface area contributed by atoms with Crippen LogP contribution in [0.3, 0.4) is 0 Å². The molecule has 0 aliphatic carbocycles. The predicted octanol–water partition coefficient (Wildman–Crippen LogP) is -9.92. The first-order valence-corrected chi connectivity index (χ1v) is 1.72. The molecule has 0 saturated carbocycles. The molecule has 0 fully saturated rings. The van der Waals surface area contributed by atoms with Gasteiger partial charge in [-0.3, -0.25) is 0 Å². The van der Waals surface area contributed by atoms with Crippen molar-refractivity contribution in [3.05, 3.63) is 44.3 Å². The zero-order valence-corrected chi connectivity index (χ0v) is 18.4. The van der Waals surface area contributed by atoms with Crippen LogP contribution in [0, 0.1) is 75.9 Å². The molecule has 0 rings (SSSR count). The van der Waals surface area contributed by atoms with Gasteiger partial charge in [-0.1, -0.05) is 0 Å². The van der Waals surface area contributed by atoms with Crippen LogP contribution in [0.1, 0.15) is 0 Å². The van der Waals surface area contributed by atoms with Crippen LogP contribution in [0.15, 0.2) is 5.34 Å². The van der Waals surface area contributed by atoms with Crippen LogP contribution in [0.5, 0.6) is 0 Å². The van der Waals surface area contributed by atoms with E-state index < -0.39 is 0 Å². The maximum absolute atomic E-state index is 8.11. The van der Waals surface area contributed by atoms with Crippen LogP contribution in [0.2, 0.25) is 0 Å². The van der Waals surface area contributed by atoms with Gasteiger partial charge in [0.2, 0.25) is 0 Å². The average Bonchev–Trinajstić information content (AvgIpc) is 2.44. The monoisotopic (exact) mass is 364 g/mol. The van der Waals surface area contributed by atoms with E-state index in [0.717, 1.165) is 0 Å². The second kappa shape index (κ2) is 11500. The van der Waals surface area contributed by atoms with E-state index in [4.69, 9.17) is 81.1 Å². The van der Waals surface area contributed by atoms with Gasteiger partial charge < -0.3 is 87.2 Å². The van der Waals surface area contributed by atoms with E-state index >= 15 is 0 Å². The van der Waals surface area contributed by atoms with E-state index in [-0.39, 0.29) is 117 Å². The van der Waals surface area contributed by atoms with Gasteiger partial charge in [0.25, 0.3) is 0 Å². The van der Waals surface area contributed by atoms with E-state index in [1.165, 1.54) is 5.34 Å². The quantitative estimate of drug-likeness (QED) is 0.186. The second-order valence-electron chi connectivity index (χ2n) is 0.0816. The van der Waals surface area contributed by atoms with Gasteiger partial charge in [-0.15, -0.1) is 4.91 Å². The SMILES string of the molecule is O.O.O=NO.[C-]#N.[C-]#N.[C-]#N.[C-]#N.[C-]#N.[C-]#N.[Fe+3].[Na+].[Na+].[Na+]. The molecule has 99 valence electrons. The van der Waals surface area contributed by atoms with Crippen molar-refractivity contribution < 1.29 is 122 Å². The Bertz CT molecular complexity index is 152. The van der Waals surface area contributed by atoms with E-state index in [1.807, 2.05) is 0 Å². The number of hydrogen-bond donors (Lipinski definition) is 1. The summed E-state index contributed by atoms with van der Waals surface area (Å²) in [5.74, 6) is 0. The van der Waals surface area contributed by atoms with Crippen LogP contribution >= 0.6 is 0 Å². The summed E-state index contributed by atoms with van der Waals surface area (Å²) in [4.78, 5) is 8.11. The van der Waals surface area contributed by atoms with Crippen molar-refractivity contribution in [2.24, 2.45) is 5.34 Å². The molecule has 15 heteroatoms. The minimum Gasteiger partial charge on any atom is -0.512 e. The van der Waals surface area contributed by atoms with E-state index in [1.54, 1.807) is 0 Å². The van der Waals surface area contributed by atoms with Gasteiger partial charge in [0, 0.05) is 0 Å². The largest absolute Gasteiger partial charge is 3.00 e. The summed E-state index contributed by atoms with van der Waals surface area (Å²) in [5, 5.41) is 45.4. The van der Waals surface area contributed by atoms with Crippen molar-refractivity contribution in [3.8, 4) is 0 Å². The summed E-state index contributed by atoms with van der Waals surface area (Å²) >= 11 is 0. The molecule has 21 heavy (non-hydrogen) atoms. The molecule has 0 bridgehead atoms. The summed E-state index contributed by atoms with van der Waals surface area (Å²) in [6.07, 6.45) is 0. The minimum absolute atomic E-state index is 0. The maximum Gasteiger partial charge on any atom is 3.00 e. The van der Waals surface area contributed by atoms with Gasteiger partial charge in [0.05, 0.1) is 0 Å². The van der Waals surface area contributed by atoms with Crippen LogP contribution in [0.4, 0.5) is 0 Å². The van der Waals surface area contributed by atoms with E-state index in [9.17, 15) is 0 Å². The molecule has 0 unspecified atom stereocenters. The zero-order valence-electron chi connectivity index (χ0n) is 11.3. The average molecular weight is 364 g/mol. The van der Waals surface area contributed by atoms with Crippen molar-refractivity contribution in [2.75, 3.05) is 0 Å². The molecule has 0 spiro atoms. The van der Waals surface area contributed by atoms with Crippen LogP contribution in [-0.2, 0) is 17.1 Å². The first-order chi connectivity index (χ1) is 7.41. The van der Waals surface area contributed by atoms with Crippen molar-refractivity contribution in [2.45, 2.75) is 0 Å². The normalized spacial score (nSPS) is 1.14. The van der Waals surface area contributed by atoms with Crippen LogP contribution in [-0.4, -0.2) is 16.2 Å². The topological polar surface area (TPSA) is 255 Å². The molecule has 5 N–H and O–H groups in total. The third-order valence-corrected chi connectivity index (χ3v) is 0. The molecule has 0 heterocycles. The smallest absolute Gasteiger partial charge is 0.512 e. The van der Waals surface area contributed by atoms with Crippen molar-refractivity contribution >= 4 is 0 Å². The van der Waals surface area contributed by atoms with Gasteiger partial charge >= 0.3 is 106 Å². The number of hydrogen-bond acceptors (Lipinski definition) is 8. The molecule has 0 aromatic heterocycles. The molecule has 0 atom stereocenters. The van der Waals surface area contributed by atoms with Crippen molar-refractivity contribution in [3.63, 3.8) is 0 Å². The number of rotatable bonds is 0. The molecule has 0 aliphatic heterocycles. The van der Waals surface area contributed by atoms with Gasteiger partial charge in [-0.05, 0) is 0 Å². The predicted molar refractivity (Wildman–Crippen MR) is 44.6 cm³/mol. The Balaban J connectivity index is -0.00000000310. The summed E-state index contributed by atoms with van der Waals surface area (Å²) in [6, 6.07) is 0. The first-order valence-electron chi connectivity index (χ1n) is 1.72. The Morgan fingerprint density at radius 1 is 0.571 bits per heavy atom. The molecule has 0 aromatic rings. The summed E-state index contributed by atoms with van der Waals surface area (Å²) in [6.45, 7) is 28.5. The Morgan fingerprint density at radius 2 is 0.571 bits per heavy atom. The molecular formula is C6H5FeN7Na3O4. The third-order valence-electron chi connectivity index (χ3n) is 0. The zero-order chi connectivity index (χ0) is 14.7. The fourth-order valence-electron chi connectivity index (χ4n) is 0. The molecule has 1 radical (unpaired) electrons. The fourth-order valence-corrected chi connectivity index (χ4v) is 0. The van der Waals surface area contributed by atoms with Crippen LogP contribution < -0.4 is 88.7 Å². The molecule has 0 aromatic carbocycles. The second-order valence-corrected chi connectivity index (χ2v) is 0.0816. The molecule has 0 amide bonds. The van der Waals surface area contributed by atoms with Gasteiger partial charge in [-0.25, -0.2) is 0 Å². The molecule has 0 aliphatic rings. The van der Waals surface area contributed by atoms with Crippen molar-refractivity contribution in [1.82, 2.24) is 0 Å². The summed E-state index contributed by atoms with van der Waals surface area (Å²) in [7, 11) is 0. The van der Waals surface area contributed by atoms with Crippen molar-refractivity contribution in [1.29, 1.82) is 31.6 Å².